The van der Waals surface area contributed by atoms with Crippen LogP contribution in [0.2, 0.25) is 0 Å². The molecule has 4 heteroatoms. The number of benzene rings is 2. The summed E-state index contributed by atoms with van der Waals surface area (Å²) >= 11 is 0. The lowest BCUT2D eigenvalue weighted by Crippen LogP contribution is -2.45. The highest BCUT2D eigenvalue weighted by Gasteiger charge is 2.19. The van der Waals surface area contributed by atoms with E-state index in [-0.39, 0.29) is 5.91 Å². The van der Waals surface area contributed by atoms with Crippen molar-refractivity contribution in [3.05, 3.63) is 70.8 Å². The van der Waals surface area contributed by atoms with E-state index in [0.717, 1.165) is 11.1 Å². The third-order valence-electron chi connectivity index (χ3n) is 3.70. The fourth-order valence-electron chi connectivity index (χ4n) is 2.22. The molecule has 2 rings (SSSR count). The fourth-order valence-corrected chi connectivity index (χ4v) is 2.22. The summed E-state index contributed by atoms with van der Waals surface area (Å²) in [5.74, 6) is -0.837. The zero-order valence-corrected chi connectivity index (χ0v) is 12.8. The molecule has 0 aliphatic heterocycles. The number of nitrogens with two attached hydrogens (primary N) is 1. The second-order valence-corrected chi connectivity index (χ2v) is 5.42. The number of primary amides is 1. The Morgan fingerprint density at radius 1 is 1.05 bits per heavy atom. The summed E-state index contributed by atoms with van der Waals surface area (Å²) in [7, 11) is 0. The molecular formula is C18H20N2O2. The van der Waals surface area contributed by atoms with Gasteiger partial charge in [-0.1, -0.05) is 36.4 Å². The first-order chi connectivity index (χ1) is 10.5. The first-order valence-corrected chi connectivity index (χ1v) is 7.18. The van der Waals surface area contributed by atoms with Gasteiger partial charge in [0.15, 0.2) is 0 Å². The molecule has 4 nitrogen and oxygen atoms in total. The van der Waals surface area contributed by atoms with Crippen LogP contribution in [0.5, 0.6) is 0 Å². The number of nitrogens with one attached hydrogen (secondary N) is 1. The van der Waals surface area contributed by atoms with Gasteiger partial charge in [0.05, 0.1) is 0 Å². The largest absolute Gasteiger partial charge is 0.368 e. The van der Waals surface area contributed by atoms with E-state index in [0.29, 0.717) is 12.0 Å². The average Bonchev–Trinajstić information content (AvgIpc) is 2.51. The van der Waals surface area contributed by atoms with Crippen molar-refractivity contribution in [2.45, 2.75) is 26.3 Å². The molecule has 0 unspecified atom stereocenters. The maximum atomic E-state index is 12.2. The third-order valence-corrected chi connectivity index (χ3v) is 3.70. The summed E-state index contributed by atoms with van der Waals surface area (Å²) in [4.78, 5) is 23.8. The summed E-state index contributed by atoms with van der Waals surface area (Å²) in [6, 6.07) is 14.0. The molecule has 0 bridgehead atoms. The monoisotopic (exact) mass is 296 g/mol. The van der Waals surface area contributed by atoms with Crippen LogP contribution in [-0.4, -0.2) is 17.9 Å². The molecule has 2 aromatic rings. The van der Waals surface area contributed by atoms with Crippen molar-refractivity contribution in [2.75, 3.05) is 0 Å². The highest BCUT2D eigenvalue weighted by Crippen LogP contribution is 2.12. The third kappa shape index (κ3) is 3.95. The highest BCUT2D eigenvalue weighted by molar-refractivity contribution is 5.97. The van der Waals surface area contributed by atoms with Crippen LogP contribution < -0.4 is 11.1 Å². The van der Waals surface area contributed by atoms with E-state index in [4.69, 9.17) is 5.73 Å². The van der Waals surface area contributed by atoms with Crippen molar-refractivity contribution < 1.29 is 9.59 Å². The maximum absolute atomic E-state index is 12.2. The predicted octanol–water partition coefficient (Wildman–Crippen LogP) is 2.13. The average molecular weight is 296 g/mol. The Balaban J connectivity index is 2.12. The van der Waals surface area contributed by atoms with Crippen molar-refractivity contribution in [1.82, 2.24) is 5.32 Å². The molecule has 114 valence electrons. The smallest absolute Gasteiger partial charge is 0.251 e. The van der Waals surface area contributed by atoms with Gasteiger partial charge in [-0.3, -0.25) is 9.59 Å². The fraction of sp³-hybridized carbons (Fsp3) is 0.222. The number of rotatable bonds is 5. The molecule has 3 N–H and O–H groups in total. The van der Waals surface area contributed by atoms with Gasteiger partial charge in [0, 0.05) is 12.0 Å². The molecule has 0 aliphatic rings. The van der Waals surface area contributed by atoms with Crippen LogP contribution >= 0.6 is 0 Å². The number of carbonyl (C=O) groups is 2. The molecule has 1 atom stereocenters. The van der Waals surface area contributed by atoms with E-state index in [2.05, 4.69) is 5.32 Å². The van der Waals surface area contributed by atoms with Gasteiger partial charge >= 0.3 is 0 Å². The summed E-state index contributed by atoms with van der Waals surface area (Å²) < 4.78 is 0. The van der Waals surface area contributed by atoms with Gasteiger partial charge in [0.2, 0.25) is 5.91 Å². The van der Waals surface area contributed by atoms with E-state index < -0.39 is 11.9 Å². The molecule has 0 aliphatic carbocycles. The normalized spacial score (nSPS) is 11.7. The molecule has 22 heavy (non-hydrogen) atoms. The Labute approximate surface area is 130 Å². The Kier molecular flexibility index (Phi) is 4.94. The van der Waals surface area contributed by atoms with Crippen LogP contribution in [0.15, 0.2) is 48.5 Å². The molecule has 0 saturated heterocycles. The molecule has 0 spiro atoms. The van der Waals surface area contributed by atoms with E-state index in [9.17, 15) is 9.59 Å². The molecule has 2 amide bonds. The van der Waals surface area contributed by atoms with Crippen LogP contribution in [0, 0.1) is 13.8 Å². The van der Waals surface area contributed by atoms with Gasteiger partial charge in [0.1, 0.15) is 6.04 Å². The van der Waals surface area contributed by atoms with Gasteiger partial charge in [-0.25, -0.2) is 0 Å². The zero-order valence-electron chi connectivity index (χ0n) is 12.8. The Morgan fingerprint density at radius 2 is 1.73 bits per heavy atom. The van der Waals surface area contributed by atoms with Crippen molar-refractivity contribution >= 4 is 11.8 Å². The van der Waals surface area contributed by atoms with Gasteiger partial charge in [-0.15, -0.1) is 0 Å². The summed E-state index contributed by atoms with van der Waals surface area (Å²) in [6.07, 6.45) is 0.384. The number of hydrogen-bond acceptors (Lipinski definition) is 2. The number of carbonyl (C=O) groups excluding carboxylic acids is 2. The van der Waals surface area contributed by atoms with E-state index >= 15 is 0 Å². The number of hydrogen-bond donors (Lipinski definition) is 2. The quantitative estimate of drug-likeness (QED) is 0.887. The number of amides is 2. The van der Waals surface area contributed by atoms with E-state index in [1.54, 1.807) is 24.3 Å². The minimum atomic E-state index is -0.727. The van der Waals surface area contributed by atoms with Crippen molar-refractivity contribution in [3.8, 4) is 0 Å². The maximum Gasteiger partial charge on any atom is 0.251 e. The van der Waals surface area contributed by atoms with Crippen LogP contribution in [0.3, 0.4) is 0 Å². The molecule has 0 fully saturated rings. The van der Waals surface area contributed by atoms with Gasteiger partial charge in [-0.2, -0.15) is 0 Å². The van der Waals surface area contributed by atoms with E-state index in [1.165, 1.54) is 5.56 Å². The number of aryl methyl sites for hydroxylation is 2. The Bertz CT molecular complexity index is 681. The standard InChI is InChI=1S/C18H20N2O2/c1-12-8-9-14(10-13(12)2)11-16(17(19)21)20-18(22)15-6-4-3-5-7-15/h3-10,16H,11H2,1-2H3,(H2,19,21)(H,20,22)/t16-/m0/s1. The summed E-state index contributed by atoms with van der Waals surface area (Å²) in [6.45, 7) is 4.04. The SMILES string of the molecule is Cc1ccc(C[C@H](NC(=O)c2ccccc2)C(N)=O)cc1C. The second-order valence-electron chi connectivity index (χ2n) is 5.42. The molecule has 0 heterocycles. The zero-order chi connectivity index (χ0) is 16.1. The second kappa shape index (κ2) is 6.89. The van der Waals surface area contributed by atoms with Crippen LogP contribution in [0.4, 0.5) is 0 Å². The Hall–Kier alpha value is -2.62. The highest BCUT2D eigenvalue weighted by atomic mass is 16.2. The minimum Gasteiger partial charge on any atom is -0.368 e. The van der Waals surface area contributed by atoms with Crippen LogP contribution in [-0.2, 0) is 11.2 Å². The summed E-state index contributed by atoms with van der Waals surface area (Å²) in [5, 5.41) is 2.70. The lowest BCUT2D eigenvalue weighted by Gasteiger charge is -2.16. The molecule has 0 saturated carbocycles. The summed E-state index contributed by atoms with van der Waals surface area (Å²) in [5.41, 5.74) is 9.24. The van der Waals surface area contributed by atoms with Crippen molar-refractivity contribution in [3.63, 3.8) is 0 Å². The van der Waals surface area contributed by atoms with Crippen LogP contribution in [0.25, 0.3) is 0 Å². The van der Waals surface area contributed by atoms with Crippen molar-refractivity contribution in [2.24, 2.45) is 5.73 Å². The topological polar surface area (TPSA) is 72.2 Å². The molecular weight excluding hydrogens is 276 g/mol. The molecule has 0 radical (unpaired) electrons. The van der Waals surface area contributed by atoms with Gasteiger partial charge < -0.3 is 11.1 Å². The minimum absolute atomic E-state index is 0.298. The molecule has 0 aromatic heterocycles. The van der Waals surface area contributed by atoms with E-state index in [1.807, 2.05) is 38.1 Å². The lowest BCUT2D eigenvalue weighted by molar-refractivity contribution is -0.119. The predicted molar refractivity (Wildman–Crippen MR) is 86.5 cm³/mol. The molecule has 2 aromatic carbocycles. The Morgan fingerprint density at radius 3 is 2.32 bits per heavy atom. The van der Waals surface area contributed by atoms with Crippen molar-refractivity contribution in [1.29, 1.82) is 0 Å². The van der Waals surface area contributed by atoms with Gasteiger partial charge in [-0.05, 0) is 42.7 Å². The first kappa shape index (κ1) is 15.8. The van der Waals surface area contributed by atoms with Gasteiger partial charge in [0.25, 0.3) is 5.91 Å². The van der Waals surface area contributed by atoms with Crippen LogP contribution in [0.1, 0.15) is 27.0 Å². The first-order valence-electron chi connectivity index (χ1n) is 7.18. The lowest BCUT2D eigenvalue weighted by atomic mass is 10.0.